The maximum absolute atomic E-state index is 2.43. The van der Waals surface area contributed by atoms with E-state index < -0.39 is 0 Å². The van der Waals surface area contributed by atoms with E-state index in [-0.39, 0.29) is 5.41 Å². The molecule has 0 unspecified atom stereocenters. The summed E-state index contributed by atoms with van der Waals surface area (Å²) in [5.74, 6) is 0. The summed E-state index contributed by atoms with van der Waals surface area (Å²) in [5.41, 5.74) is 12.3. The van der Waals surface area contributed by atoms with E-state index in [1.54, 1.807) is 0 Å². The topological polar surface area (TPSA) is 8.17 Å². The number of nitrogens with zero attached hydrogens (tertiary/aromatic N) is 2. The molecule has 1 aromatic heterocycles. The smallest absolute Gasteiger partial charge is 0.0561 e. The molecule has 2 nitrogen and oxygen atoms in total. The fourth-order valence-corrected chi connectivity index (χ4v) is 8.44. The fourth-order valence-electron chi connectivity index (χ4n) is 8.44. The zero-order chi connectivity index (χ0) is 33.3. The molecule has 2 heteroatoms. The Hall–Kier alpha value is -5.86. The maximum atomic E-state index is 2.43. The Morgan fingerprint density at radius 3 is 1.74 bits per heavy atom. The molecule has 0 saturated heterocycles. The zero-order valence-electron chi connectivity index (χ0n) is 28.3. The van der Waals surface area contributed by atoms with Gasteiger partial charge in [-0.05, 0) is 89.7 Å². The van der Waals surface area contributed by atoms with Gasteiger partial charge in [0.05, 0.1) is 11.0 Å². The minimum atomic E-state index is 0.0611. The van der Waals surface area contributed by atoms with Crippen LogP contribution in [-0.2, 0) is 5.41 Å². The number of hydrogen-bond acceptors (Lipinski definition) is 1. The highest BCUT2D eigenvalue weighted by atomic mass is 15.1. The summed E-state index contributed by atoms with van der Waals surface area (Å²) in [4.78, 5) is 2.43. The molecular weight excluding hydrogens is 605 g/mol. The van der Waals surface area contributed by atoms with Gasteiger partial charge in [0.1, 0.15) is 0 Å². The Balaban J connectivity index is 1.22. The second kappa shape index (κ2) is 12.9. The molecule has 7 aromatic carbocycles. The number of anilines is 3. The minimum Gasteiger partial charge on any atom is -0.310 e. The van der Waals surface area contributed by atoms with Gasteiger partial charge in [0.25, 0.3) is 0 Å². The third kappa shape index (κ3) is 5.29. The first-order valence-corrected chi connectivity index (χ1v) is 18.0. The number of aromatic nitrogens is 1. The van der Waals surface area contributed by atoms with Crippen molar-refractivity contribution in [1.29, 1.82) is 0 Å². The molecule has 1 heterocycles. The highest BCUT2D eigenvalue weighted by Crippen LogP contribution is 2.46. The molecule has 242 valence electrons. The summed E-state index contributed by atoms with van der Waals surface area (Å²) in [5, 5.41) is 2.52. The Morgan fingerprint density at radius 1 is 0.400 bits per heavy atom. The summed E-state index contributed by atoms with van der Waals surface area (Å²) in [6.07, 6.45) is 6.25. The van der Waals surface area contributed by atoms with Gasteiger partial charge in [0.15, 0.2) is 0 Å². The molecule has 1 aliphatic carbocycles. The van der Waals surface area contributed by atoms with Crippen molar-refractivity contribution < 1.29 is 0 Å². The monoisotopic (exact) mass is 644 g/mol. The lowest BCUT2D eigenvalue weighted by Gasteiger charge is -2.39. The lowest BCUT2D eigenvalue weighted by Crippen LogP contribution is -2.30. The molecule has 0 atom stereocenters. The molecule has 0 amide bonds. The lowest BCUT2D eigenvalue weighted by molar-refractivity contribution is 0.346. The van der Waals surface area contributed by atoms with Crippen LogP contribution in [0.3, 0.4) is 0 Å². The van der Waals surface area contributed by atoms with Crippen LogP contribution in [-0.4, -0.2) is 4.57 Å². The molecule has 1 saturated carbocycles. The van der Waals surface area contributed by atoms with E-state index in [1.165, 1.54) is 76.2 Å². The average Bonchev–Trinajstić information content (AvgIpc) is 3.53. The summed E-state index contributed by atoms with van der Waals surface area (Å²) in [6.45, 7) is 0. The van der Waals surface area contributed by atoms with Crippen LogP contribution in [0.1, 0.15) is 43.2 Å². The number of para-hydroxylation sites is 2. The highest BCUT2D eigenvalue weighted by molar-refractivity contribution is 6.10. The molecule has 9 rings (SSSR count). The van der Waals surface area contributed by atoms with Gasteiger partial charge in [0, 0.05) is 38.9 Å². The first-order chi connectivity index (χ1) is 24.8. The number of benzene rings is 7. The predicted octanol–water partition coefficient (Wildman–Crippen LogP) is 13.2. The summed E-state index contributed by atoms with van der Waals surface area (Å²) >= 11 is 0. The van der Waals surface area contributed by atoms with Gasteiger partial charge in [0.2, 0.25) is 0 Å². The molecule has 0 spiro atoms. The zero-order valence-corrected chi connectivity index (χ0v) is 28.3. The van der Waals surface area contributed by atoms with Crippen molar-refractivity contribution in [2.75, 3.05) is 4.90 Å². The lowest BCUT2D eigenvalue weighted by atomic mass is 9.65. The first-order valence-electron chi connectivity index (χ1n) is 18.0. The SMILES string of the molecule is c1ccc(-c2cccc(N(c3ccc(C4(c5ccccc5)CCCCC4)cc3)c3ccc4c5ccccc5n(-c5ccccc5)c4c3)c2)cc1. The fraction of sp³-hybridized carbons (Fsp3) is 0.125. The molecule has 1 aliphatic rings. The maximum Gasteiger partial charge on any atom is 0.0561 e. The third-order valence-electron chi connectivity index (χ3n) is 10.9. The van der Waals surface area contributed by atoms with Crippen molar-refractivity contribution in [2.24, 2.45) is 0 Å². The van der Waals surface area contributed by atoms with Gasteiger partial charge in [-0.15, -0.1) is 0 Å². The van der Waals surface area contributed by atoms with Crippen LogP contribution in [0.2, 0.25) is 0 Å². The first kappa shape index (κ1) is 30.2. The third-order valence-corrected chi connectivity index (χ3v) is 10.9. The van der Waals surface area contributed by atoms with Crippen LogP contribution >= 0.6 is 0 Å². The molecule has 0 radical (unpaired) electrons. The number of fused-ring (bicyclic) bond motifs is 3. The minimum absolute atomic E-state index is 0.0611. The van der Waals surface area contributed by atoms with E-state index >= 15 is 0 Å². The Labute approximate surface area is 294 Å². The molecule has 50 heavy (non-hydrogen) atoms. The second-order valence-corrected chi connectivity index (χ2v) is 13.7. The largest absolute Gasteiger partial charge is 0.310 e. The van der Waals surface area contributed by atoms with Crippen LogP contribution in [0, 0.1) is 0 Å². The van der Waals surface area contributed by atoms with E-state index in [9.17, 15) is 0 Å². The summed E-state index contributed by atoms with van der Waals surface area (Å²) in [6, 6.07) is 66.8. The average molecular weight is 645 g/mol. The van der Waals surface area contributed by atoms with Crippen molar-refractivity contribution in [1.82, 2.24) is 4.57 Å². The molecule has 0 bridgehead atoms. The van der Waals surface area contributed by atoms with Crippen LogP contribution in [0.5, 0.6) is 0 Å². The second-order valence-electron chi connectivity index (χ2n) is 13.7. The normalized spacial score (nSPS) is 14.2. The van der Waals surface area contributed by atoms with Crippen LogP contribution in [0.25, 0.3) is 38.6 Å². The quantitative estimate of drug-likeness (QED) is 0.168. The van der Waals surface area contributed by atoms with Crippen LogP contribution in [0.15, 0.2) is 182 Å². The number of hydrogen-bond donors (Lipinski definition) is 0. The molecule has 0 aliphatic heterocycles. The molecule has 0 N–H and O–H groups in total. The van der Waals surface area contributed by atoms with Gasteiger partial charge in [-0.3, -0.25) is 0 Å². The van der Waals surface area contributed by atoms with Gasteiger partial charge >= 0.3 is 0 Å². The number of rotatable bonds is 7. The molecule has 8 aromatic rings. The Kier molecular flexibility index (Phi) is 7.78. The van der Waals surface area contributed by atoms with Gasteiger partial charge in [-0.1, -0.05) is 147 Å². The standard InChI is InChI=1S/C48H40N2/c1-5-16-36(17-6-1)37-18-15-23-42(34-37)49(41-28-26-39(27-29-41)48(32-13-4-14-33-48)38-19-7-2-8-20-38)43-30-31-45-44-24-11-12-25-46(44)50(47(45)35-43)40-21-9-3-10-22-40/h1-3,5-12,15-31,34-35H,4,13-14,32-33H2. The Morgan fingerprint density at radius 2 is 0.980 bits per heavy atom. The van der Waals surface area contributed by atoms with Crippen molar-refractivity contribution in [3.8, 4) is 16.8 Å². The van der Waals surface area contributed by atoms with Crippen molar-refractivity contribution in [3.63, 3.8) is 0 Å². The van der Waals surface area contributed by atoms with E-state index in [2.05, 4.69) is 191 Å². The highest BCUT2D eigenvalue weighted by Gasteiger charge is 2.35. The van der Waals surface area contributed by atoms with Gasteiger partial charge in [-0.25, -0.2) is 0 Å². The van der Waals surface area contributed by atoms with E-state index in [0.717, 1.165) is 22.7 Å². The van der Waals surface area contributed by atoms with Gasteiger partial charge < -0.3 is 9.47 Å². The van der Waals surface area contributed by atoms with E-state index in [1.807, 2.05) is 0 Å². The molecule has 1 fully saturated rings. The van der Waals surface area contributed by atoms with E-state index in [4.69, 9.17) is 0 Å². The summed E-state index contributed by atoms with van der Waals surface area (Å²) < 4.78 is 2.41. The van der Waals surface area contributed by atoms with Crippen molar-refractivity contribution in [2.45, 2.75) is 37.5 Å². The van der Waals surface area contributed by atoms with E-state index in [0.29, 0.717) is 0 Å². The molecular formula is C48H40N2. The summed E-state index contributed by atoms with van der Waals surface area (Å²) in [7, 11) is 0. The van der Waals surface area contributed by atoms with Crippen molar-refractivity contribution >= 4 is 38.9 Å². The van der Waals surface area contributed by atoms with Gasteiger partial charge in [-0.2, -0.15) is 0 Å². The van der Waals surface area contributed by atoms with Crippen molar-refractivity contribution in [3.05, 3.63) is 193 Å². The van der Waals surface area contributed by atoms with Crippen LogP contribution < -0.4 is 4.90 Å². The predicted molar refractivity (Wildman–Crippen MR) is 211 cm³/mol. The Bertz CT molecular complexity index is 2380. The van der Waals surface area contributed by atoms with Crippen LogP contribution in [0.4, 0.5) is 17.1 Å².